The third kappa shape index (κ3) is 7.04. The van der Waals surface area contributed by atoms with Crippen LogP contribution in [-0.2, 0) is 35.5 Å². The van der Waals surface area contributed by atoms with Gasteiger partial charge >= 0.3 is 0 Å². The number of carbonyl (C=O) groups excluding carboxylic acids is 2. The van der Waals surface area contributed by atoms with Gasteiger partial charge in [0.2, 0.25) is 22.2 Å². The van der Waals surface area contributed by atoms with E-state index in [1.807, 2.05) is 54.6 Å². The van der Waals surface area contributed by atoms with Gasteiger partial charge in [0.25, 0.3) is 5.91 Å². The van der Waals surface area contributed by atoms with E-state index in [0.29, 0.717) is 44.8 Å². The lowest BCUT2D eigenvalue weighted by Gasteiger charge is -2.43. The topological polar surface area (TPSA) is 138 Å². The van der Waals surface area contributed by atoms with Crippen LogP contribution in [0.5, 0.6) is 5.75 Å². The highest BCUT2D eigenvalue weighted by Gasteiger charge is 2.51. The molecule has 3 aliphatic heterocycles. The molecule has 0 aromatic heterocycles. The number of nitrogens with one attached hydrogen (secondary N) is 1. The van der Waals surface area contributed by atoms with Crippen molar-refractivity contribution < 1.29 is 37.3 Å². The molecule has 56 heavy (non-hydrogen) atoms. The zero-order valence-electron chi connectivity index (χ0n) is 31.3. The van der Waals surface area contributed by atoms with Gasteiger partial charge in [-0.3, -0.25) is 9.59 Å². The molecule has 1 spiro atoms. The maximum Gasteiger partial charge on any atom is 0.288 e. The van der Waals surface area contributed by atoms with Crippen LogP contribution in [0.15, 0.2) is 114 Å². The van der Waals surface area contributed by atoms with E-state index < -0.39 is 21.9 Å². The molecule has 292 valence electrons. The van der Waals surface area contributed by atoms with E-state index in [2.05, 4.69) is 34.5 Å². The van der Waals surface area contributed by atoms with Crippen molar-refractivity contribution in [3.05, 3.63) is 126 Å². The lowest BCUT2D eigenvalue weighted by Crippen LogP contribution is -2.57. The molecule has 4 aromatic carbocycles. The first-order chi connectivity index (χ1) is 27.2. The van der Waals surface area contributed by atoms with Gasteiger partial charge in [-0.05, 0) is 89.6 Å². The second-order valence-electron chi connectivity index (χ2n) is 14.6. The molecule has 0 saturated carbocycles. The number of amides is 2. The highest BCUT2D eigenvalue weighted by molar-refractivity contribution is 7.89. The number of sulfonamides is 1. The van der Waals surface area contributed by atoms with E-state index in [4.69, 9.17) is 14.2 Å². The van der Waals surface area contributed by atoms with Gasteiger partial charge in [0, 0.05) is 44.2 Å². The van der Waals surface area contributed by atoms with Crippen LogP contribution >= 0.6 is 0 Å². The molecule has 4 aliphatic rings. The quantitative estimate of drug-likeness (QED) is 0.186. The summed E-state index contributed by atoms with van der Waals surface area (Å²) in [7, 11) is -2.45. The number of allylic oxidation sites excluding steroid dienone is 1. The molecule has 13 heteroatoms. The number of piperidine rings is 1. The van der Waals surface area contributed by atoms with Crippen LogP contribution in [0.2, 0.25) is 0 Å². The fraction of sp³-hybridized carbons (Fsp3) is 0.349. The van der Waals surface area contributed by atoms with Gasteiger partial charge in [0.05, 0.1) is 31.9 Å². The number of nitrogens with zero attached hydrogens (tertiary/aromatic N) is 3. The molecule has 3 heterocycles. The van der Waals surface area contributed by atoms with Crippen molar-refractivity contribution in [2.24, 2.45) is 0 Å². The van der Waals surface area contributed by atoms with Crippen LogP contribution < -0.4 is 15.0 Å². The standard InChI is InChI=1S/C43H46N4O8S/c1-53-33-14-16-34(17-15-33)56(51,52)46(22-24-48)23-25-54-40-28-31(36-12-7-13-37-35-11-6-5-8-30(35)26-38(36)37)27-39(55-40)41(49)45-20-18-43(19-21-45)42(50)44-29-47(43)32-9-3-2-4-10-32/h2-17,27,31,40,48H,18-26,28-29H2,1H3,(H,44,50)/t31-,40+/m1/s1. The number of para-hydroxylation sites is 1. The number of aliphatic hydroxyl groups is 1. The van der Waals surface area contributed by atoms with Crippen LogP contribution in [-0.4, -0.2) is 99.5 Å². The van der Waals surface area contributed by atoms with Gasteiger partial charge in [0.15, 0.2) is 5.76 Å². The van der Waals surface area contributed by atoms with Crippen LogP contribution in [0.25, 0.3) is 11.1 Å². The zero-order valence-corrected chi connectivity index (χ0v) is 32.1. The van der Waals surface area contributed by atoms with Crippen LogP contribution in [0.3, 0.4) is 0 Å². The fourth-order valence-electron chi connectivity index (χ4n) is 8.57. The Balaban J connectivity index is 1.02. The Hall–Kier alpha value is -5.21. The zero-order chi connectivity index (χ0) is 38.9. The van der Waals surface area contributed by atoms with Gasteiger partial charge in [0.1, 0.15) is 11.3 Å². The first kappa shape index (κ1) is 37.7. The summed E-state index contributed by atoms with van der Waals surface area (Å²) in [5.74, 6) is 0.169. The van der Waals surface area contributed by atoms with Gasteiger partial charge in [-0.25, -0.2) is 8.42 Å². The Morgan fingerprint density at radius 3 is 2.43 bits per heavy atom. The minimum atomic E-state index is -3.96. The number of carbonyl (C=O) groups is 2. The number of fused-ring (bicyclic) bond motifs is 3. The Morgan fingerprint density at radius 1 is 0.946 bits per heavy atom. The lowest BCUT2D eigenvalue weighted by atomic mass is 9.85. The van der Waals surface area contributed by atoms with Crippen molar-refractivity contribution in [3.63, 3.8) is 0 Å². The fourth-order valence-corrected chi connectivity index (χ4v) is 9.99. The molecule has 0 radical (unpaired) electrons. The number of methoxy groups -OCH3 is 1. The van der Waals surface area contributed by atoms with E-state index >= 15 is 0 Å². The van der Waals surface area contributed by atoms with Crippen molar-refractivity contribution in [1.29, 1.82) is 0 Å². The Labute approximate surface area is 327 Å². The summed E-state index contributed by atoms with van der Waals surface area (Å²) in [6.45, 7) is 0.558. The summed E-state index contributed by atoms with van der Waals surface area (Å²) < 4.78 is 46.1. The molecule has 8 rings (SSSR count). The first-order valence-corrected chi connectivity index (χ1v) is 20.5. The van der Waals surface area contributed by atoms with E-state index in [1.54, 1.807) is 17.0 Å². The van der Waals surface area contributed by atoms with Crippen molar-refractivity contribution in [2.45, 2.75) is 48.3 Å². The lowest BCUT2D eigenvalue weighted by molar-refractivity contribution is -0.154. The molecule has 4 aromatic rings. The summed E-state index contributed by atoms with van der Waals surface area (Å²) in [5, 5.41) is 12.8. The summed E-state index contributed by atoms with van der Waals surface area (Å²) in [4.78, 5) is 31.6. The van der Waals surface area contributed by atoms with Gasteiger partial charge in [-0.1, -0.05) is 60.7 Å². The molecule has 0 unspecified atom stereocenters. The number of likely N-dealkylation sites (tertiary alicyclic amines) is 1. The molecule has 2 fully saturated rings. The number of anilines is 1. The van der Waals surface area contributed by atoms with Crippen LogP contribution in [0.4, 0.5) is 5.69 Å². The number of hydrogen-bond acceptors (Lipinski definition) is 9. The molecular formula is C43H46N4O8S. The van der Waals surface area contributed by atoms with Crippen LogP contribution in [0.1, 0.15) is 41.9 Å². The number of rotatable bonds is 12. The molecule has 0 bridgehead atoms. The Morgan fingerprint density at radius 2 is 1.68 bits per heavy atom. The predicted octanol–water partition coefficient (Wildman–Crippen LogP) is 4.64. The van der Waals surface area contributed by atoms with E-state index in [1.165, 1.54) is 45.8 Å². The average molecular weight is 779 g/mol. The molecule has 2 saturated heterocycles. The average Bonchev–Trinajstić information content (AvgIpc) is 3.77. The molecule has 12 nitrogen and oxygen atoms in total. The van der Waals surface area contributed by atoms with Gasteiger partial charge < -0.3 is 34.4 Å². The van der Waals surface area contributed by atoms with Crippen LogP contribution in [0, 0.1) is 0 Å². The maximum atomic E-state index is 14.4. The number of hydrogen-bond donors (Lipinski definition) is 2. The molecule has 2 N–H and O–H groups in total. The maximum absolute atomic E-state index is 14.4. The molecule has 2 amide bonds. The third-order valence-electron chi connectivity index (χ3n) is 11.5. The predicted molar refractivity (Wildman–Crippen MR) is 210 cm³/mol. The minimum absolute atomic E-state index is 0.0294. The Kier molecular flexibility index (Phi) is 10.6. The SMILES string of the molecule is COc1ccc(S(=O)(=O)N(CCO)CCO[C@@H]2C[C@H](c3cccc4c3Cc3ccccc3-4)C=C(C(=O)N3CCC4(CC3)C(=O)NCN4c3ccccc3)O2)cc1. The van der Waals surface area contributed by atoms with Gasteiger partial charge in [-0.15, -0.1) is 0 Å². The highest BCUT2D eigenvalue weighted by atomic mass is 32.2. The second-order valence-corrected chi connectivity index (χ2v) is 16.5. The largest absolute Gasteiger partial charge is 0.497 e. The van der Waals surface area contributed by atoms with Crippen molar-refractivity contribution in [1.82, 2.24) is 14.5 Å². The number of benzene rings is 4. The van der Waals surface area contributed by atoms with Crippen molar-refractivity contribution in [2.75, 3.05) is 58.1 Å². The summed E-state index contributed by atoms with van der Waals surface area (Å²) in [5.41, 5.74) is 6.12. The highest BCUT2D eigenvalue weighted by Crippen LogP contribution is 2.43. The number of ether oxygens (including phenoxy) is 3. The summed E-state index contributed by atoms with van der Waals surface area (Å²) >= 11 is 0. The molecule has 1 aliphatic carbocycles. The first-order valence-electron chi connectivity index (χ1n) is 19.1. The minimum Gasteiger partial charge on any atom is -0.497 e. The van der Waals surface area contributed by atoms with Gasteiger partial charge in [-0.2, -0.15) is 4.31 Å². The monoisotopic (exact) mass is 778 g/mol. The normalized spacial score (nSPS) is 20.0. The summed E-state index contributed by atoms with van der Waals surface area (Å²) in [6.07, 6.45) is 3.15. The second kappa shape index (κ2) is 15.7. The smallest absolute Gasteiger partial charge is 0.288 e. The van der Waals surface area contributed by atoms with Crippen molar-refractivity contribution in [3.8, 4) is 16.9 Å². The van der Waals surface area contributed by atoms with E-state index in [-0.39, 0.29) is 54.7 Å². The Bertz CT molecular complexity index is 2220. The van der Waals surface area contributed by atoms with Crippen molar-refractivity contribution >= 4 is 27.5 Å². The molecule has 2 atom stereocenters. The number of aliphatic hydroxyl groups excluding tert-OH is 1. The van der Waals surface area contributed by atoms with E-state index in [0.717, 1.165) is 17.7 Å². The molecular weight excluding hydrogens is 733 g/mol. The van der Waals surface area contributed by atoms with E-state index in [9.17, 15) is 23.1 Å². The third-order valence-corrected chi connectivity index (χ3v) is 13.4. The summed E-state index contributed by atoms with van der Waals surface area (Å²) in [6, 6.07) is 30.6.